The van der Waals surface area contributed by atoms with Crippen molar-refractivity contribution in [1.29, 1.82) is 0 Å². The fourth-order valence-corrected chi connectivity index (χ4v) is 1.85. The Kier molecular flexibility index (Phi) is 4.28. The average molecular weight is 237 g/mol. The van der Waals surface area contributed by atoms with Gasteiger partial charge in [0.05, 0.1) is 18.9 Å². The average Bonchev–Trinajstić information content (AvgIpc) is 2.37. The van der Waals surface area contributed by atoms with Gasteiger partial charge in [-0.2, -0.15) is 0 Å². The number of hydrogen-bond donors (Lipinski definition) is 1. The molecular weight excluding hydrogens is 218 g/mol. The zero-order valence-corrected chi connectivity index (χ0v) is 10.5. The van der Waals surface area contributed by atoms with Gasteiger partial charge < -0.3 is 14.8 Å². The second-order valence-corrected chi connectivity index (χ2v) is 3.88. The molecule has 1 aromatic heterocycles. The SMILES string of the molecule is CCNc1nc(COCC)nc2c1COCC2. The molecular formula is C12H19N3O2. The third kappa shape index (κ3) is 2.92. The lowest BCUT2D eigenvalue weighted by Gasteiger charge is -2.19. The summed E-state index contributed by atoms with van der Waals surface area (Å²) in [5.41, 5.74) is 2.19. The predicted molar refractivity (Wildman–Crippen MR) is 64.9 cm³/mol. The summed E-state index contributed by atoms with van der Waals surface area (Å²) in [5.74, 6) is 1.65. The maximum Gasteiger partial charge on any atom is 0.156 e. The molecule has 0 unspecified atom stereocenters. The molecule has 0 fully saturated rings. The summed E-state index contributed by atoms with van der Waals surface area (Å²) in [7, 11) is 0. The zero-order valence-electron chi connectivity index (χ0n) is 10.5. The number of nitrogens with one attached hydrogen (secondary N) is 1. The Labute approximate surface area is 102 Å². The van der Waals surface area contributed by atoms with E-state index < -0.39 is 0 Å². The summed E-state index contributed by atoms with van der Waals surface area (Å²) < 4.78 is 10.8. The van der Waals surface area contributed by atoms with Gasteiger partial charge in [0.1, 0.15) is 12.4 Å². The van der Waals surface area contributed by atoms with Crippen LogP contribution in [-0.4, -0.2) is 29.7 Å². The van der Waals surface area contributed by atoms with E-state index in [0.717, 1.165) is 42.5 Å². The summed E-state index contributed by atoms with van der Waals surface area (Å²) in [5, 5.41) is 3.27. The van der Waals surface area contributed by atoms with Crippen molar-refractivity contribution in [2.75, 3.05) is 25.1 Å². The molecule has 0 saturated carbocycles. The molecule has 0 spiro atoms. The fourth-order valence-electron chi connectivity index (χ4n) is 1.85. The Bertz CT molecular complexity index is 382. The van der Waals surface area contributed by atoms with Crippen molar-refractivity contribution in [1.82, 2.24) is 9.97 Å². The topological polar surface area (TPSA) is 56.3 Å². The largest absolute Gasteiger partial charge is 0.376 e. The van der Waals surface area contributed by atoms with Crippen LogP contribution in [0.15, 0.2) is 0 Å². The van der Waals surface area contributed by atoms with Crippen molar-refractivity contribution in [3.63, 3.8) is 0 Å². The van der Waals surface area contributed by atoms with E-state index in [-0.39, 0.29) is 0 Å². The Hall–Kier alpha value is -1.20. The number of hydrogen-bond acceptors (Lipinski definition) is 5. The first kappa shape index (κ1) is 12.3. The number of nitrogens with zero attached hydrogens (tertiary/aromatic N) is 2. The van der Waals surface area contributed by atoms with Crippen molar-refractivity contribution in [2.24, 2.45) is 0 Å². The molecule has 1 aromatic rings. The van der Waals surface area contributed by atoms with Crippen molar-refractivity contribution in [3.8, 4) is 0 Å². The molecule has 0 aliphatic carbocycles. The van der Waals surface area contributed by atoms with Crippen molar-refractivity contribution in [3.05, 3.63) is 17.1 Å². The Morgan fingerprint density at radius 1 is 1.35 bits per heavy atom. The monoisotopic (exact) mass is 237 g/mol. The van der Waals surface area contributed by atoms with Gasteiger partial charge in [-0.1, -0.05) is 0 Å². The van der Waals surface area contributed by atoms with Crippen LogP contribution in [0.1, 0.15) is 30.9 Å². The number of fused-ring (bicyclic) bond motifs is 1. The van der Waals surface area contributed by atoms with Gasteiger partial charge in [0, 0.05) is 25.1 Å². The van der Waals surface area contributed by atoms with Gasteiger partial charge in [0.15, 0.2) is 5.82 Å². The molecule has 1 N–H and O–H groups in total. The second-order valence-electron chi connectivity index (χ2n) is 3.88. The van der Waals surface area contributed by atoms with Crippen molar-refractivity contribution in [2.45, 2.75) is 33.5 Å². The molecule has 5 nitrogen and oxygen atoms in total. The molecule has 1 aliphatic heterocycles. The van der Waals surface area contributed by atoms with Crippen LogP contribution in [0.5, 0.6) is 0 Å². The highest BCUT2D eigenvalue weighted by molar-refractivity contribution is 5.47. The van der Waals surface area contributed by atoms with E-state index in [1.54, 1.807) is 0 Å². The molecule has 5 heteroatoms. The number of aromatic nitrogens is 2. The molecule has 0 bridgehead atoms. The van der Waals surface area contributed by atoms with Gasteiger partial charge in [-0.3, -0.25) is 0 Å². The van der Waals surface area contributed by atoms with Gasteiger partial charge in [-0.05, 0) is 13.8 Å². The van der Waals surface area contributed by atoms with Crippen LogP contribution >= 0.6 is 0 Å². The lowest BCUT2D eigenvalue weighted by atomic mass is 10.1. The van der Waals surface area contributed by atoms with E-state index in [1.807, 2.05) is 6.92 Å². The molecule has 94 valence electrons. The molecule has 2 heterocycles. The summed E-state index contributed by atoms with van der Waals surface area (Å²) in [4.78, 5) is 9.02. The van der Waals surface area contributed by atoms with E-state index in [4.69, 9.17) is 9.47 Å². The van der Waals surface area contributed by atoms with Gasteiger partial charge in [-0.25, -0.2) is 9.97 Å². The first-order valence-electron chi connectivity index (χ1n) is 6.13. The maximum atomic E-state index is 5.45. The number of anilines is 1. The van der Waals surface area contributed by atoms with Crippen LogP contribution < -0.4 is 5.32 Å². The van der Waals surface area contributed by atoms with E-state index in [1.165, 1.54) is 0 Å². The zero-order chi connectivity index (χ0) is 12.1. The first-order valence-corrected chi connectivity index (χ1v) is 6.13. The number of rotatable bonds is 5. The van der Waals surface area contributed by atoms with Gasteiger partial charge >= 0.3 is 0 Å². The summed E-state index contributed by atoms with van der Waals surface area (Å²) in [6.45, 7) is 7.37. The lowest BCUT2D eigenvalue weighted by molar-refractivity contribution is 0.107. The molecule has 1 aliphatic rings. The van der Waals surface area contributed by atoms with Crippen LogP contribution in [0.3, 0.4) is 0 Å². The minimum absolute atomic E-state index is 0.475. The van der Waals surface area contributed by atoms with Gasteiger partial charge in [0.2, 0.25) is 0 Å². The maximum absolute atomic E-state index is 5.45. The minimum atomic E-state index is 0.475. The molecule has 0 aromatic carbocycles. The number of ether oxygens (including phenoxy) is 2. The van der Waals surface area contributed by atoms with Crippen LogP contribution in [-0.2, 0) is 29.1 Å². The molecule has 0 saturated heterocycles. The Morgan fingerprint density at radius 2 is 2.24 bits per heavy atom. The normalized spacial score (nSPS) is 14.5. The Balaban J connectivity index is 2.27. The van der Waals surface area contributed by atoms with Crippen LogP contribution in [0.25, 0.3) is 0 Å². The fraction of sp³-hybridized carbons (Fsp3) is 0.667. The summed E-state index contributed by atoms with van der Waals surface area (Å²) >= 11 is 0. The van der Waals surface area contributed by atoms with E-state index in [0.29, 0.717) is 19.8 Å². The van der Waals surface area contributed by atoms with Gasteiger partial charge in [-0.15, -0.1) is 0 Å². The summed E-state index contributed by atoms with van der Waals surface area (Å²) in [6, 6.07) is 0. The van der Waals surface area contributed by atoms with Crippen molar-refractivity contribution >= 4 is 5.82 Å². The molecule has 0 radical (unpaired) electrons. The molecule has 0 atom stereocenters. The molecule has 2 rings (SSSR count). The van der Waals surface area contributed by atoms with Crippen LogP contribution in [0.2, 0.25) is 0 Å². The first-order chi connectivity index (χ1) is 8.35. The third-order valence-electron chi connectivity index (χ3n) is 2.65. The summed E-state index contributed by atoms with van der Waals surface area (Å²) in [6.07, 6.45) is 0.857. The Morgan fingerprint density at radius 3 is 3.00 bits per heavy atom. The van der Waals surface area contributed by atoms with Crippen molar-refractivity contribution < 1.29 is 9.47 Å². The highest BCUT2D eigenvalue weighted by atomic mass is 16.5. The molecule has 17 heavy (non-hydrogen) atoms. The highest BCUT2D eigenvalue weighted by Gasteiger charge is 2.17. The van der Waals surface area contributed by atoms with Crippen LogP contribution in [0.4, 0.5) is 5.82 Å². The predicted octanol–water partition coefficient (Wildman–Crippen LogP) is 1.52. The van der Waals surface area contributed by atoms with E-state index in [2.05, 4.69) is 22.2 Å². The van der Waals surface area contributed by atoms with E-state index >= 15 is 0 Å². The van der Waals surface area contributed by atoms with Gasteiger partial charge in [0.25, 0.3) is 0 Å². The quantitative estimate of drug-likeness (QED) is 0.841. The standard InChI is InChI=1S/C12H19N3O2/c1-3-13-12-9-7-17-6-5-10(9)14-11(15-12)8-16-4-2/h3-8H2,1-2H3,(H,13,14,15). The molecule has 0 amide bonds. The smallest absolute Gasteiger partial charge is 0.156 e. The second kappa shape index (κ2) is 5.93. The minimum Gasteiger partial charge on any atom is -0.376 e. The van der Waals surface area contributed by atoms with Crippen LogP contribution in [0, 0.1) is 0 Å². The highest BCUT2D eigenvalue weighted by Crippen LogP contribution is 2.22. The lowest BCUT2D eigenvalue weighted by Crippen LogP contribution is -2.18. The third-order valence-corrected chi connectivity index (χ3v) is 2.65. The van der Waals surface area contributed by atoms with E-state index in [9.17, 15) is 0 Å².